The summed E-state index contributed by atoms with van der Waals surface area (Å²) >= 11 is 9.70. The molecule has 0 bridgehead atoms. The molecule has 0 spiro atoms. The van der Waals surface area contributed by atoms with Crippen LogP contribution in [0, 0.1) is 0 Å². The minimum absolute atomic E-state index is 0.129. The smallest absolute Gasteiger partial charge is 0.336 e. The first-order chi connectivity index (χ1) is 14.4. The number of hydrogen-bond donors (Lipinski definition) is 1. The molecule has 0 aliphatic heterocycles. The van der Waals surface area contributed by atoms with Gasteiger partial charge in [-0.1, -0.05) is 39.7 Å². The van der Waals surface area contributed by atoms with E-state index in [0.717, 1.165) is 10.0 Å². The van der Waals surface area contributed by atoms with Crippen LogP contribution in [0.1, 0.15) is 11.1 Å². The summed E-state index contributed by atoms with van der Waals surface area (Å²) in [4.78, 5) is 16.6. The summed E-state index contributed by atoms with van der Waals surface area (Å²) in [5.41, 5.74) is 2.17. The van der Waals surface area contributed by atoms with Crippen molar-refractivity contribution >= 4 is 51.5 Å². The number of carbonyl (C=O) groups excluding carboxylic acids is 1. The number of carbonyl (C=O) groups is 1. The Balaban J connectivity index is 1.76. The Bertz CT molecular complexity index is 1110. The highest BCUT2D eigenvalue weighted by Gasteiger charge is 2.14. The second kappa shape index (κ2) is 10.1. The lowest BCUT2D eigenvalue weighted by Gasteiger charge is -2.11. The largest absolute Gasteiger partial charge is 0.508 e. The normalized spacial score (nSPS) is 11.2. The van der Waals surface area contributed by atoms with E-state index in [-0.39, 0.29) is 16.5 Å². The number of benzene rings is 3. The van der Waals surface area contributed by atoms with Crippen LogP contribution in [0.25, 0.3) is 6.08 Å². The number of nitrogens with zero attached hydrogens (tertiary/aromatic N) is 1. The molecular formula is C23H17BrClNO4. The summed E-state index contributed by atoms with van der Waals surface area (Å²) < 4.78 is 11.6. The van der Waals surface area contributed by atoms with Crippen molar-refractivity contribution in [2.45, 2.75) is 0 Å². The average molecular weight is 487 g/mol. The predicted octanol–water partition coefficient (Wildman–Crippen LogP) is 6.19. The molecule has 0 saturated heterocycles. The van der Waals surface area contributed by atoms with Gasteiger partial charge < -0.3 is 14.6 Å². The van der Waals surface area contributed by atoms with Gasteiger partial charge in [0.25, 0.3) is 0 Å². The molecule has 30 heavy (non-hydrogen) atoms. The molecule has 3 aromatic rings. The van der Waals surface area contributed by atoms with Crippen LogP contribution in [0.5, 0.6) is 17.2 Å². The Morgan fingerprint density at radius 2 is 1.87 bits per heavy atom. The van der Waals surface area contributed by atoms with Gasteiger partial charge in [0, 0.05) is 16.8 Å². The van der Waals surface area contributed by atoms with E-state index in [1.54, 1.807) is 48.7 Å². The molecule has 0 saturated carbocycles. The van der Waals surface area contributed by atoms with Crippen molar-refractivity contribution < 1.29 is 19.4 Å². The van der Waals surface area contributed by atoms with Crippen molar-refractivity contribution in [3.63, 3.8) is 0 Å². The van der Waals surface area contributed by atoms with Gasteiger partial charge in [0.05, 0.1) is 17.8 Å². The van der Waals surface area contributed by atoms with E-state index in [1.807, 2.05) is 24.3 Å². The zero-order valence-corrected chi connectivity index (χ0v) is 18.2. The Labute approximate surface area is 187 Å². The van der Waals surface area contributed by atoms with Gasteiger partial charge in [0.2, 0.25) is 0 Å². The summed E-state index contributed by atoms with van der Waals surface area (Å²) in [6, 6.07) is 17.2. The summed E-state index contributed by atoms with van der Waals surface area (Å²) in [7, 11) is 1.46. The fraction of sp³-hybridized carbons (Fsp3) is 0.0435. The number of ether oxygens (including phenoxy) is 2. The molecule has 0 amide bonds. The summed E-state index contributed by atoms with van der Waals surface area (Å²) in [5, 5.41) is 9.54. The van der Waals surface area contributed by atoms with Crippen molar-refractivity contribution in [1.82, 2.24) is 0 Å². The molecule has 0 aliphatic carbocycles. The van der Waals surface area contributed by atoms with Crippen LogP contribution in [-0.2, 0) is 4.79 Å². The molecule has 152 valence electrons. The van der Waals surface area contributed by atoms with Crippen molar-refractivity contribution in [2.75, 3.05) is 7.11 Å². The lowest BCUT2D eigenvalue weighted by Crippen LogP contribution is -2.06. The fourth-order valence-corrected chi connectivity index (χ4v) is 3.18. The Hall–Kier alpha value is -3.09. The molecule has 0 heterocycles. The van der Waals surface area contributed by atoms with Gasteiger partial charge >= 0.3 is 5.97 Å². The van der Waals surface area contributed by atoms with Crippen LogP contribution in [0.2, 0.25) is 5.02 Å². The minimum atomic E-state index is -0.583. The van der Waals surface area contributed by atoms with Gasteiger partial charge in [0.1, 0.15) is 5.75 Å². The van der Waals surface area contributed by atoms with Gasteiger partial charge in [-0.2, -0.15) is 0 Å². The maximum Gasteiger partial charge on any atom is 0.336 e. The standard InChI is InChI=1S/C23H17BrClNO4/c1-29-21-13-16(14-26-18-6-8-19(27)9-7-18)12-20(25)23(21)30-22(28)10-5-15-3-2-4-17(24)11-15/h2-14,27H,1H3/b10-5?,26-14+. The number of methoxy groups -OCH3 is 1. The summed E-state index contributed by atoms with van der Waals surface area (Å²) in [6.07, 6.45) is 4.56. The van der Waals surface area contributed by atoms with Crippen LogP contribution < -0.4 is 9.47 Å². The number of hydrogen-bond acceptors (Lipinski definition) is 5. The number of esters is 1. The van der Waals surface area contributed by atoms with E-state index in [1.165, 1.54) is 13.2 Å². The number of aliphatic imine (C=N–C) groups is 1. The minimum Gasteiger partial charge on any atom is -0.508 e. The topological polar surface area (TPSA) is 68.1 Å². The van der Waals surface area contributed by atoms with Crippen LogP contribution in [-0.4, -0.2) is 24.4 Å². The third-order valence-corrected chi connectivity index (χ3v) is 4.70. The van der Waals surface area contributed by atoms with Crippen LogP contribution in [0.15, 0.2) is 76.2 Å². The molecule has 5 nitrogen and oxygen atoms in total. The molecule has 0 unspecified atom stereocenters. The Morgan fingerprint density at radius 3 is 2.57 bits per heavy atom. The maximum atomic E-state index is 12.2. The second-order valence-electron chi connectivity index (χ2n) is 6.12. The van der Waals surface area contributed by atoms with Gasteiger partial charge in [-0.3, -0.25) is 4.99 Å². The first kappa shape index (κ1) is 21.6. The molecule has 1 N–H and O–H groups in total. The van der Waals surface area contributed by atoms with Crippen LogP contribution >= 0.6 is 27.5 Å². The number of aromatic hydroxyl groups is 1. The van der Waals surface area contributed by atoms with E-state index >= 15 is 0 Å². The van der Waals surface area contributed by atoms with E-state index in [2.05, 4.69) is 20.9 Å². The van der Waals surface area contributed by atoms with Crippen molar-refractivity contribution in [3.05, 3.63) is 87.4 Å². The maximum absolute atomic E-state index is 12.2. The number of phenolic OH excluding ortho intramolecular Hbond substituents is 1. The SMILES string of the molecule is COc1cc(/C=N/c2ccc(O)cc2)cc(Cl)c1OC(=O)C=Cc1cccc(Br)c1. The highest BCUT2D eigenvalue weighted by molar-refractivity contribution is 9.10. The lowest BCUT2D eigenvalue weighted by atomic mass is 10.2. The van der Waals surface area contributed by atoms with Crippen LogP contribution in [0.3, 0.4) is 0 Å². The lowest BCUT2D eigenvalue weighted by molar-refractivity contribution is -0.129. The summed E-state index contributed by atoms with van der Waals surface area (Å²) in [5.74, 6) is 0.0168. The molecule has 7 heteroatoms. The van der Waals surface area contributed by atoms with Gasteiger partial charge in [-0.25, -0.2) is 4.79 Å². The first-order valence-corrected chi connectivity index (χ1v) is 9.98. The molecular weight excluding hydrogens is 470 g/mol. The van der Waals surface area contributed by atoms with E-state index in [9.17, 15) is 9.90 Å². The zero-order chi connectivity index (χ0) is 21.5. The van der Waals surface area contributed by atoms with Crippen molar-refractivity contribution in [2.24, 2.45) is 4.99 Å². The van der Waals surface area contributed by atoms with E-state index < -0.39 is 5.97 Å². The third-order valence-electron chi connectivity index (χ3n) is 3.93. The molecule has 3 aromatic carbocycles. The molecule has 0 fully saturated rings. The molecule has 3 rings (SSSR count). The zero-order valence-electron chi connectivity index (χ0n) is 15.9. The highest BCUT2D eigenvalue weighted by atomic mass is 79.9. The third kappa shape index (κ3) is 5.95. The fourth-order valence-electron chi connectivity index (χ4n) is 2.51. The number of halogens is 2. The average Bonchev–Trinajstić information content (AvgIpc) is 2.73. The molecule has 0 aromatic heterocycles. The van der Waals surface area contributed by atoms with Gasteiger partial charge in [-0.05, 0) is 65.7 Å². The Kier molecular flexibility index (Phi) is 7.27. The van der Waals surface area contributed by atoms with Crippen molar-refractivity contribution in [3.8, 4) is 17.2 Å². The predicted molar refractivity (Wildman–Crippen MR) is 122 cm³/mol. The van der Waals surface area contributed by atoms with E-state index in [4.69, 9.17) is 21.1 Å². The summed E-state index contributed by atoms with van der Waals surface area (Å²) in [6.45, 7) is 0. The second-order valence-corrected chi connectivity index (χ2v) is 7.44. The van der Waals surface area contributed by atoms with E-state index in [0.29, 0.717) is 17.0 Å². The number of rotatable bonds is 6. The molecule has 0 aliphatic rings. The number of phenols is 1. The quantitative estimate of drug-likeness (QED) is 0.195. The van der Waals surface area contributed by atoms with Gasteiger partial charge in [0.15, 0.2) is 11.5 Å². The Morgan fingerprint density at radius 1 is 1.10 bits per heavy atom. The molecule has 0 radical (unpaired) electrons. The van der Waals surface area contributed by atoms with Crippen LogP contribution in [0.4, 0.5) is 5.69 Å². The highest BCUT2D eigenvalue weighted by Crippen LogP contribution is 2.36. The first-order valence-electron chi connectivity index (χ1n) is 8.80. The van der Waals surface area contributed by atoms with Gasteiger partial charge in [-0.15, -0.1) is 0 Å². The monoisotopic (exact) mass is 485 g/mol. The van der Waals surface area contributed by atoms with Crippen molar-refractivity contribution in [1.29, 1.82) is 0 Å². The molecule has 0 atom stereocenters.